The Kier molecular flexibility index (Phi) is 6.75. The van der Waals surface area contributed by atoms with Crippen molar-refractivity contribution in [2.45, 2.75) is 13.1 Å². The summed E-state index contributed by atoms with van der Waals surface area (Å²) in [5, 5.41) is 3.31. The maximum Gasteiger partial charge on any atom is 0.0528 e. The molecule has 0 saturated carbocycles. The van der Waals surface area contributed by atoms with Crippen LogP contribution < -0.4 is 5.32 Å². The van der Waals surface area contributed by atoms with Crippen molar-refractivity contribution in [1.29, 1.82) is 0 Å². The molecule has 0 unspecified atom stereocenters. The highest BCUT2D eigenvalue weighted by molar-refractivity contribution is 6.35. The minimum Gasteiger partial charge on any atom is -0.323 e. The highest BCUT2D eigenvalue weighted by Gasteiger charge is 1.78. The first-order valence-electron chi connectivity index (χ1n) is 2.41. The lowest BCUT2D eigenvalue weighted by molar-refractivity contribution is 0.922. The Bertz CT molecular complexity index is 28.9. The van der Waals surface area contributed by atoms with Crippen LogP contribution in [-0.4, -0.2) is 31.4 Å². The zero-order valence-corrected chi connectivity index (χ0v) is 6.91. The highest BCUT2D eigenvalue weighted by Crippen LogP contribution is 1.55. The largest absolute Gasteiger partial charge is 0.323 e. The molecule has 0 heterocycles. The lowest BCUT2D eigenvalue weighted by atomic mass is 11.2. The normalized spacial score (nSPS) is 9.43. The Hall–Kier alpha value is 0.394. The molecule has 0 aliphatic rings. The molecule has 0 amide bonds. The van der Waals surface area contributed by atoms with E-state index < -0.39 is 0 Å². The maximum absolute atomic E-state index is 3.31. The first kappa shape index (κ1) is 7.39. The van der Waals surface area contributed by atoms with Gasteiger partial charge in [-0.1, -0.05) is 13.1 Å². The van der Waals surface area contributed by atoms with E-state index in [1.807, 2.05) is 0 Å². The Labute approximate surface area is 50.5 Å². The van der Waals surface area contributed by atoms with Gasteiger partial charge in [0.25, 0.3) is 0 Å². The van der Waals surface area contributed by atoms with Crippen LogP contribution in [-0.2, 0) is 0 Å². The van der Waals surface area contributed by atoms with E-state index in [2.05, 4.69) is 18.4 Å². The Morgan fingerprint density at radius 2 is 1.57 bits per heavy atom. The lowest BCUT2D eigenvalue weighted by Gasteiger charge is -1.94. The van der Waals surface area contributed by atoms with E-state index >= 15 is 0 Å². The third-order valence-electron chi connectivity index (χ3n) is 0.604. The molecule has 0 aromatic carbocycles. The predicted molar refractivity (Wildman–Crippen MR) is 36.1 cm³/mol. The minimum atomic E-state index is 1.06. The van der Waals surface area contributed by atoms with Gasteiger partial charge in [-0.15, -0.1) is 0 Å². The summed E-state index contributed by atoms with van der Waals surface area (Å²) in [7, 11) is 2.12. The van der Waals surface area contributed by atoms with Crippen molar-refractivity contribution in [2.75, 3.05) is 12.3 Å². The standard InChI is InChI=1S/C4H11NSi2/c1-6-3-5-4-7-2/h5H,3-4H2,1-2H3. The molecular formula is C4H11NSi2. The van der Waals surface area contributed by atoms with Crippen LogP contribution in [0.3, 0.4) is 0 Å². The van der Waals surface area contributed by atoms with Crippen molar-refractivity contribution in [3.63, 3.8) is 0 Å². The van der Waals surface area contributed by atoms with Gasteiger partial charge in [0.15, 0.2) is 0 Å². The van der Waals surface area contributed by atoms with Gasteiger partial charge in [-0.25, -0.2) is 0 Å². The first-order valence-corrected chi connectivity index (χ1v) is 5.83. The highest BCUT2D eigenvalue weighted by atomic mass is 28.2. The van der Waals surface area contributed by atoms with Crippen molar-refractivity contribution in [2.24, 2.45) is 0 Å². The fourth-order valence-corrected chi connectivity index (χ4v) is 1.31. The van der Waals surface area contributed by atoms with Gasteiger partial charge < -0.3 is 5.32 Å². The third kappa shape index (κ3) is 6.39. The molecule has 3 heteroatoms. The second-order valence-corrected chi connectivity index (χ2v) is 3.43. The SMILES string of the molecule is C[Si]CNC[Si]C. The van der Waals surface area contributed by atoms with Crippen LogP contribution >= 0.6 is 0 Å². The summed E-state index contributed by atoms with van der Waals surface area (Å²) in [4.78, 5) is 0. The van der Waals surface area contributed by atoms with Gasteiger partial charge in [0.05, 0.1) is 19.0 Å². The number of hydrogen-bond donors (Lipinski definition) is 1. The molecule has 1 N–H and O–H groups in total. The van der Waals surface area contributed by atoms with Gasteiger partial charge in [0.1, 0.15) is 0 Å². The average Bonchev–Trinajstić information content (AvgIpc) is 1.69. The molecule has 40 valence electrons. The number of nitrogens with one attached hydrogen (secondary N) is 1. The van der Waals surface area contributed by atoms with Gasteiger partial charge in [-0.3, -0.25) is 0 Å². The molecule has 0 aromatic heterocycles. The molecule has 0 aliphatic carbocycles. The number of rotatable bonds is 4. The molecule has 0 spiro atoms. The average molecular weight is 129 g/mol. The quantitative estimate of drug-likeness (QED) is 0.416. The Morgan fingerprint density at radius 1 is 1.14 bits per heavy atom. The van der Waals surface area contributed by atoms with E-state index in [1.54, 1.807) is 0 Å². The molecule has 7 heavy (non-hydrogen) atoms. The van der Waals surface area contributed by atoms with Crippen LogP contribution in [0.15, 0.2) is 0 Å². The second-order valence-electron chi connectivity index (χ2n) is 1.31. The summed E-state index contributed by atoms with van der Waals surface area (Å²) < 4.78 is 0. The van der Waals surface area contributed by atoms with Gasteiger partial charge in [0.2, 0.25) is 0 Å². The summed E-state index contributed by atoms with van der Waals surface area (Å²) in [5.74, 6) is 0. The molecular weight excluding hydrogens is 118 g/mol. The van der Waals surface area contributed by atoms with E-state index in [-0.39, 0.29) is 0 Å². The van der Waals surface area contributed by atoms with Crippen molar-refractivity contribution in [1.82, 2.24) is 5.32 Å². The molecule has 4 radical (unpaired) electrons. The van der Waals surface area contributed by atoms with E-state index in [1.165, 1.54) is 12.3 Å². The van der Waals surface area contributed by atoms with E-state index in [9.17, 15) is 0 Å². The van der Waals surface area contributed by atoms with Crippen molar-refractivity contribution in [3.8, 4) is 0 Å². The summed E-state index contributed by atoms with van der Waals surface area (Å²) in [6.07, 6.45) is 2.42. The monoisotopic (exact) mass is 129 g/mol. The van der Waals surface area contributed by atoms with E-state index in [0.717, 1.165) is 19.0 Å². The van der Waals surface area contributed by atoms with Gasteiger partial charge >= 0.3 is 0 Å². The Morgan fingerprint density at radius 3 is 1.86 bits per heavy atom. The van der Waals surface area contributed by atoms with E-state index in [0.29, 0.717) is 0 Å². The molecule has 0 bridgehead atoms. The van der Waals surface area contributed by atoms with Crippen LogP contribution in [0.4, 0.5) is 0 Å². The minimum absolute atomic E-state index is 1.06. The van der Waals surface area contributed by atoms with Crippen molar-refractivity contribution in [3.05, 3.63) is 0 Å². The zero-order valence-electron chi connectivity index (χ0n) is 4.91. The van der Waals surface area contributed by atoms with Crippen LogP contribution in [0.25, 0.3) is 0 Å². The zero-order chi connectivity index (χ0) is 5.54. The first-order chi connectivity index (χ1) is 3.41. The summed E-state index contributed by atoms with van der Waals surface area (Å²) in [6.45, 7) is 4.43. The fourth-order valence-electron chi connectivity index (χ4n) is 0.312. The van der Waals surface area contributed by atoms with Crippen molar-refractivity contribution < 1.29 is 0 Å². The molecule has 0 rings (SSSR count). The van der Waals surface area contributed by atoms with Gasteiger partial charge in [-0.05, 0) is 12.3 Å². The molecule has 0 aliphatic heterocycles. The fraction of sp³-hybridized carbons (Fsp3) is 1.00. The van der Waals surface area contributed by atoms with Crippen LogP contribution in [0.5, 0.6) is 0 Å². The third-order valence-corrected chi connectivity index (χ3v) is 1.81. The topological polar surface area (TPSA) is 12.0 Å². The number of hydrogen-bond acceptors (Lipinski definition) is 1. The van der Waals surface area contributed by atoms with Crippen molar-refractivity contribution >= 4 is 19.0 Å². The molecule has 0 atom stereocenters. The Balaban J connectivity index is 2.45. The summed E-state index contributed by atoms with van der Waals surface area (Å²) >= 11 is 0. The smallest absolute Gasteiger partial charge is 0.0528 e. The maximum atomic E-state index is 3.31. The second kappa shape index (κ2) is 6.39. The van der Waals surface area contributed by atoms with Crippen LogP contribution in [0, 0.1) is 0 Å². The molecule has 0 fully saturated rings. The van der Waals surface area contributed by atoms with Gasteiger partial charge in [0, 0.05) is 0 Å². The molecule has 0 saturated heterocycles. The summed E-state index contributed by atoms with van der Waals surface area (Å²) in [6, 6.07) is 0. The van der Waals surface area contributed by atoms with Crippen LogP contribution in [0.1, 0.15) is 0 Å². The van der Waals surface area contributed by atoms with Crippen LogP contribution in [0.2, 0.25) is 13.1 Å². The summed E-state index contributed by atoms with van der Waals surface area (Å²) in [5.41, 5.74) is 0. The lowest BCUT2D eigenvalue weighted by Crippen LogP contribution is -2.22. The van der Waals surface area contributed by atoms with E-state index in [4.69, 9.17) is 0 Å². The van der Waals surface area contributed by atoms with Gasteiger partial charge in [-0.2, -0.15) is 0 Å². The molecule has 0 aromatic rings. The molecule has 1 nitrogen and oxygen atoms in total. The predicted octanol–water partition coefficient (Wildman–Crippen LogP) is -0.00440.